The number of ketones is 1. The Balaban J connectivity index is 1.97. The van der Waals surface area contributed by atoms with Crippen LogP contribution in [0.1, 0.15) is 38.8 Å². The molecule has 0 fully saturated rings. The maximum atomic E-state index is 12.1. The van der Waals surface area contributed by atoms with Gasteiger partial charge in [0.2, 0.25) is 0 Å². The molecule has 1 atom stereocenters. The van der Waals surface area contributed by atoms with Crippen molar-refractivity contribution in [3.8, 4) is 0 Å². The lowest BCUT2D eigenvalue weighted by atomic mass is 10.2. The zero-order valence-electron chi connectivity index (χ0n) is 13.1. The SMILES string of the molecule is CC(=O)c1ccc(C(=O)OC(C)C(=O)Nc2cccc(C)c2)s1. The molecule has 23 heavy (non-hydrogen) atoms. The number of anilines is 1. The fourth-order valence-electron chi connectivity index (χ4n) is 1.88. The number of rotatable bonds is 5. The molecular formula is C17H17NO4S. The lowest BCUT2D eigenvalue weighted by Gasteiger charge is -2.13. The summed E-state index contributed by atoms with van der Waals surface area (Å²) in [6, 6.07) is 10.4. The minimum Gasteiger partial charge on any atom is -0.448 e. The van der Waals surface area contributed by atoms with Crippen LogP contribution in [0, 0.1) is 6.92 Å². The number of esters is 1. The molecule has 6 heteroatoms. The molecule has 1 heterocycles. The number of thiophene rings is 1. The number of aryl methyl sites for hydroxylation is 1. The van der Waals surface area contributed by atoms with Crippen LogP contribution >= 0.6 is 11.3 Å². The van der Waals surface area contributed by atoms with Gasteiger partial charge in [-0.05, 0) is 50.6 Å². The second-order valence-corrected chi connectivity index (χ2v) is 6.21. The zero-order chi connectivity index (χ0) is 17.0. The summed E-state index contributed by atoms with van der Waals surface area (Å²) in [5.41, 5.74) is 1.66. The van der Waals surface area contributed by atoms with E-state index in [-0.39, 0.29) is 5.78 Å². The number of carbonyl (C=O) groups is 3. The van der Waals surface area contributed by atoms with Gasteiger partial charge in [-0.3, -0.25) is 9.59 Å². The quantitative estimate of drug-likeness (QED) is 0.673. The van der Waals surface area contributed by atoms with Gasteiger partial charge in [0.05, 0.1) is 4.88 Å². The first-order chi connectivity index (χ1) is 10.9. The topological polar surface area (TPSA) is 72.5 Å². The van der Waals surface area contributed by atoms with Crippen molar-refractivity contribution in [3.63, 3.8) is 0 Å². The second-order valence-electron chi connectivity index (χ2n) is 5.13. The lowest BCUT2D eigenvalue weighted by Crippen LogP contribution is -2.29. The van der Waals surface area contributed by atoms with Crippen LogP contribution in [0.4, 0.5) is 5.69 Å². The highest BCUT2D eigenvalue weighted by molar-refractivity contribution is 7.15. The highest BCUT2D eigenvalue weighted by Crippen LogP contribution is 2.19. The van der Waals surface area contributed by atoms with Crippen molar-refractivity contribution in [2.24, 2.45) is 0 Å². The average Bonchev–Trinajstić information content (AvgIpc) is 2.97. The molecule has 0 spiro atoms. The normalized spacial score (nSPS) is 11.6. The molecule has 5 nitrogen and oxygen atoms in total. The molecule has 1 aromatic carbocycles. The minimum absolute atomic E-state index is 0.112. The Morgan fingerprint density at radius 3 is 2.43 bits per heavy atom. The van der Waals surface area contributed by atoms with E-state index in [1.165, 1.54) is 19.9 Å². The third-order valence-corrected chi connectivity index (χ3v) is 4.26. The monoisotopic (exact) mass is 331 g/mol. The molecule has 2 rings (SSSR count). The predicted molar refractivity (Wildman–Crippen MR) is 89.0 cm³/mol. The summed E-state index contributed by atoms with van der Waals surface area (Å²) in [6.07, 6.45) is -0.939. The Labute approximate surface area is 138 Å². The van der Waals surface area contributed by atoms with Gasteiger partial charge in [-0.25, -0.2) is 4.79 Å². The number of Topliss-reactive ketones (excluding diaryl/α,β-unsaturated/α-hetero) is 1. The Morgan fingerprint density at radius 1 is 1.13 bits per heavy atom. The van der Waals surface area contributed by atoms with Gasteiger partial charge >= 0.3 is 5.97 Å². The number of hydrogen-bond donors (Lipinski definition) is 1. The first-order valence-corrected chi connectivity index (χ1v) is 7.88. The van der Waals surface area contributed by atoms with Crippen molar-refractivity contribution in [1.82, 2.24) is 0 Å². The zero-order valence-corrected chi connectivity index (χ0v) is 13.9. The van der Waals surface area contributed by atoms with Gasteiger partial charge in [0.25, 0.3) is 5.91 Å². The van der Waals surface area contributed by atoms with Crippen molar-refractivity contribution in [3.05, 3.63) is 51.7 Å². The molecular weight excluding hydrogens is 314 g/mol. The molecule has 2 aromatic rings. The van der Waals surface area contributed by atoms with Gasteiger partial charge in [0.15, 0.2) is 11.9 Å². The van der Waals surface area contributed by atoms with Crippen molar-refractivity contribution in [2.45, 2.75) is 26.9 Å². The van der Waals surface area contributed by atoms with Gasteiger partial charge in [0, 0.05) is 5.69 Å². The van der Waals surface area contributed by atoms with Crippen molar-refractivity contribution < 1.29 is 19.1 Å². The van der Waals surface area contributed by atoms with Gasteiger partial charge < -0.3 is 10.1 Å². The van der Waals surface area contributed by atoms with Crippen molar-refractivity contribution in [2.75, 3.05) is 5.32 Å². The molecule has 1 aromatic heterocycles. The third kappa shape index (κ3) is 4.50. The molecule has 120 valence electrons. The molecule has 0 saturated heterocycles. The molecule has 0 saturated carbocycles. The maximum absolute atomic E-state index is 12.1. The van der Waals surface area contributed by atoms with Crippen LogP contribution in [0.25, 0.3) is 0 Å². The van der Waals surface area contributed by atoms with Gasteiger partial charge in [-0.2, -0.15) is 0 Å². The summed E-state index contributed by atoms with van der Waals surface area (Å²) in [4.78, 5) is 36.1. The maximum Gasteiger partial charge on any atom is 0.349 e. The van der Waals surface area contributed by atoms with Crippen LogP contribution in [-0.4, -0.2) is 23.8 Å². The molecule has 1 unspecified atom stereocenters. The standard InChI is InChI=1S/C17H17NO4S/c1-10-5-4-6-13(9-10)18-16(20)12(3)22-17(21)15-8-7-14(23-15)11(2)19/h4-9,12H,1-3H3,(H,18,20). The van der Waals surface area contributed by atoms with Gasteiger partial charge in [0.1, 0.15) is 4.88 Å². The smallest absolute Gasteiger partial charge is 0.349 e. The highest BCUT2D eigenvalue weighted by atomic mass is 32.1. The predicted octanol–water partition coefficient (Wildman–Crippen LogP) is 3.44. The number of benzene rings is 1. The third-order valence-electron chi connectivity index (χ3n) is 3.09. The number of hydrogen-bond acceptors (Lipinski definition) is 5. The Kier molecular flexibility index (Phi) is 5.28. The number of nitrogens with one attached hydrogen (secondary N) is 1. The summed E-state index contributed by atoms with van der Waals surface area (Å²) < 4.78 is 5.14. The van der Waals surface area contributed by atoms with E-state index >= 15 is 0 Å². The van der Waals surface area contributed by atoms with E-state index in [1.54, 1.807) is 12.1 Å². The summed E-state index contributed by atoms with van der Waals surface area (Å²) in [5.74, 6) is -1.14. The van der Waals surface area contributed by atoms with Gasteiger partial charge in [-0.15, -0.1) is 11.3 Å². The number of amides is 1. The van der Waals surface area contributed by atoms with Crippen LogP contribution in [0.15, 0.2) is 36.4 Å². The minimum atomic E-state index is -0.939. The van der Waals surface area contributed by atoms with E-state index in [2.05, 4.69) is 5.32 Å². The van der Waals surface area contributed by atoms with Crippen LogP contribution < -0.4 is 5.32 Å². The number of carbonyl (C=O) groups excluding carboxylic acids is 3. The van der Waals surface area contributed by atoms with E-state index in [4.69, 9.17) is 4.74 Å². The molecule has 0 aliphatic carbocycles. The van der Waals surface area contributed by atoms with Gasteiger partial charge in [-0.1, -0.05) is 12.1 Å². The second kappa shape index (κ2) is 7.19. The van der Waals surface area contributed by atoms with Crippen molar-refractivity contribution >= 4 is 34.7 Å². The van der Waals surface area contributed by atoms with E-state index in [1.807, 2.05) is 25.1 Å². The molecule has 0 bridgehead atoms. The summed E-state index contributed by atoms with van der Waals surface area (Å²) >= 11 is 1.05. The largest absolute Gasteiger partial charge is 0.448 e. The van der Waals surface area contributed by atoms with Crippen molar-refractivity contribution in [1.29, 1.82) is 0 Å². The molecule has 0 aliphatic heterocycles. The summed E-state index contributed by atoms with van der Waals surface area (Å²) in [7, 11) is 0. The average molecular weight is 331 g/mol. The molecule has 1 amide bonds. The summed E-state index contributed by atoms with van der Waals surface area (Å²) in [5, 5.41) is 2.70. The van der Waals surface area contributed by atoms with E-state index in [0.717, 1.165) is 16.9 Å². The highest BCUT2D eigenvalue weighted by Gasteiger charge is 2.20. The summed E-state index contributed by atoms with van der Waals surface area (Å²) in [6.45, 7) is 4.85. The van der Waals surface area contributed by atoms with Crippen LogP contribution in [-0.2, 0) is 9.53 Å². The number of ether oxygens (including phenoxy) is 1. The Morgan fingerprint density at radius 2 is 1.83 bits per heavy atom. The first-order valence-electron chi connectivity index (χ1n) is 7.06. The fourth-order valence-corrected chi connectivity index (χ4v) is 2.66. The molecule has 0 radical (unpaired) electrons. The molecule has 0 aliphatic rings. The Hall–Kier alpha value is -2.47. The van der Waals surface area contributed by atoms with Crippen LogP contribution in [0.3, 0.4) is 0 Å². The first kappa shape index (κ1) is 16.9. The van der Waals surface area contributed by atoms with E-state index < -0.39 is 18.0 Å². The molecule has 1 N–H and O–H groups in total. The van der Waals surface area contributed by atoms with E-state index in [9.17, 15) is 14.4 Å². The fraction of sp³-hybridized carbons (Fsp3) is 0.235. The van der Waals surface area contributed by atoms with Crippen LogP contribution in [0.5, 0.6) is 0 Å². The van der Waals surface area contributed by atoms with Crippen LogP contribution in [0.2, 0.25) is 0 Å². The lowest BCUT2D eigenvalue weighted by molar-refractivity contribution is -0.123. The van der Waals surface area contributed by atoms with E-state index in [0.29, 0.717) is 15.4 Å². The Bertz CT molecular complexity index is 751.